The molecular formula is C12H9N3O4. The van der Waals surface area contributed by atoms with Gasteiger partial charge in [-0.2, -0.15) is 0 Å². The molecule has 0 atom stereocenters. The van der Waals surface area contributed by atoms with E-state index < -0.39 is 21.9 Å². The highest BCUT2D eigenvalue weighted by Gasteiger charge is 2.18. The summed E-state index contributed by atoms with van der Waals surface area (Å²) in [5.41, 5.74) is -1.85. The molecule has 0 aliphatic carbocycles. The van der Waals surface area contributed by atoms with Crippen LogP contribution in [0.3, 0.4) is 0 Å². The Morgan fingerprint density at radius 3 is 2.37 bits per heavy atom. The molecular weight excluding hydrogens is 250 g/mol. The Labute approximate surface area is 106 Å². The number of nitro groups is 1. The molecule has 1 aromatic heterocycles. The minimum absolute atomic E-state index is 0.136. The topological polar surface area (TPSA) is 109 Å². The molecule has 19 heavy (non-hydrogen) atoms. The van der Waals surface area contributed by atoms with Gasteiger partial charge in [0, 0.05) is 0 Å². The lowest BCUT2D eigenvalue weighted by Crippen LogP contribution is -2.25. The van der Waals surface area contributed by atoms with Crippen molar-refractivity contribution in [3.63, 3.8) is 0 Å². The third kappa shape index (κ3) is 2.83. The summed E-state index contributed by atoms with van der Waals surface area (Å²) in [7, 11) is 0. The molecule has 96 valence electrons. The molecule has 0 unspecified atom stereocenters. The third-order valence-corrected chi connectivity index (χ3v) is 2.37. The summed E-state index contributed by atoms with van der Waals surface area (Å²) in [5.74, 6) is 0. The van der Waals surface area contributed by atoms with Crippen LogP contribution in [0, 0.1) is 10.1 Å². The van der Waals surface area contributed by atoms with Crippen molar-refractivity contribution < 1.29 is 4.92 Å². The number of aromatic amines is 2. The molecule has 2 N–H and O–H groups in total. The van der Waals surface area contributed by atoms with Crippen molar-refractivity contribution in [1.82, 2.24) is 9.97 Å². The Kier molecular flexibility index (Phi) is 3.37. The second kappa shape index (κ2) is 5.13. The van der Waals surface area contributed by atoms with E-state index in [0.29, 0.717) is 0 Å². The smallest absolute Gasteiger partial charge is 0.301 e. The minimum Gasteiger partial charge on any atom is -0.301 e. The van der Waals surface area contributed by atoms with Gasteiger partial charge in [-0.1, -0.05) is 36.4 Å². The second-order valence-corrected chi connectivity index (χ2v) is 3.67. The van der Waals surface area contributed by atoms with Gasteiger partial charge in [0.2, 0.25) is 0 Å². The number of hydrogen-bond donors (Lipinski definition) is 2. The average Bonchev–Trinajstić information content (AvgIpc) is 2.36. The molecule has 7 heteroatoms. The van der Waals surface area contributed by atoms with E-state index in [0.717, 1.165) is 5.56 Å². The molecule has 1 heterocycles. The van der Waals surface area contributed by atoms with Crippen molar-refractivity contribution in [3.8, 4) is 0 Å². The summed E-state index contributed by atoms with van der Waals surface area (Å²) >= 11 is 0. The zero-order chi connectivity index (χ0) is 13.8. The molecule has 1 aromatic carbocycles. The largest absolute Gasteiger partial charge is 0.357 e. The maximum atomic E-state index is 11.4. The SMILES string of the molecule is O=c1[nH]c(C=Cc2ccccc2)c([N+](=O)[O-])c(=O)[nH]1. The number of nitrogens with one attached hydrogen (secondary N) is 2. The van der Waals surface area contributed by atoms with Crippen LogP contribution in [0.1, 0.15) is 11.3 Å². The van der Waals surface area contributed by atoms with Crippen LogP contribution in [-0.2, 0) is 0 Å². The van der Waals surface area contributed by atoms with Crippen molar-refractivity contribution in [1.29, 1.82) is 0 Å². The number of H-pyrrole nitrogens is 2. The van der Waals surface area contributed by atoms with Crippen LogP contribution in [0.4, 0.5) is 5.69 Å². The van der Waals surface area contributed by atoms with E-state index >= 15 is 0 Å². The van der Waals surface area contributed by atoms with Gasteiger partial charge >= 0.3 is 16.9 Å². The Bertz CT molecular complexity index is 744. The first-order chi connectivity index (χ1) is 9.08. The first kappa shape index (κ1) is 12.5. The molecule has 0 spiro atoms. The molecule has 0 bridgehead atoms. The average molecular weight is 259 g/mol. The number of nitrogens with zero attached hydrogens (tertiary/aromatic N) is 1. The molecule has 0 aliphatic rings. The fraction of sp³-hybridized carbons (Fsp3) is 0. The van der Waals surface area contributed by atoms with E-state index in [1.807, 2.05) is 11.1 Å². The Balaban J connectivity index is 2.51. The Morgan fingerprint density at radius 1 is 1.05 bits per heavy atom. The highest BCUT2D eigenvalue weighted by Crippen LogP contribution is 2.12. The summed E-state index contributed by atoms with van der Waals surface area (Å²) in [6, 6.07) is 9.00. The van der Waals surface area contributed by atoms with Crippen molar-refractivity contribution in [2.75, 3.05) is 0 Å². The number of benzene rings is 1. The van der Waals surface area contributed by atoms with E-state index in [9.17, 15) is 19.7 Å². The first-order valence-electron chi connectivity index (χ1n) is 5.32. The molecule has 2 rings (SSSR count). The second-order valence-electron chi connectivity index (χ2n) is 3.67. The monoisotopic (exact) mass is 259 g/mol. The Morgan fingerprint density at radius 2 is 1.74 bits per heavy atom. The van der Waals surface area contributed by atoms with Crippen molar-refractivity contribution in [2.45, 2.75) is 0 Å². The van der Waals surface area contributed by atoms with E-state index in [4.69, 9.17) is 0 Å². The number of aromatic nitrogens is 2. The van der Waals surface area contributed by atoms with Crippen LogP contribution in [0.2, 0.25) is 0 Å². The van der Waals surface area contributed by atoms with Gasteiger partial charge in [-0.25, -0.2) is 4.79 Å². The molecule has 0 fully saturated rings. The maximum Gasteiger partial charge on any atom is 0.357 e. The van der Waals surface area contributed by atoms with Crippen molar-refractivity contribution in [2.24, 2.45) is 0 Å². The number of hydrogen-bond acceptors (Lipinski definition) is 4. The van der Waals surface area contributed by atoms with Gasteiger partial charge in [0.05, 0.1) is 4.92 Å². The highest BCUT2D eigenvalue weighted by molar-refractivity contribution is 5.71. The predicted molar refractivity (Wildman–Crippen MR) is 69.7 cm³/mol. The lowest BCUT2D eigenvalue weighted by atomic mass is 10.2. The Hall–Kier alpha value is -2.96. The van der Waals surface area contributed by atoms with Gasteiger partial charge in [0.1, 0.15) is 5.69 Å². The molecule has 0 aliphatic heterocycles. The maximum absolute atomic E-state index is 11.4. The number of rotatable bonds is 3. The normalized spacial score (nSPS) is 10.7. The van der Waals surface area contributed by atoms with Gasteiger partial charge in [-0.15, -0.1) is 0 Å². The van der Waals surface area contributed by atoms with Crippen molar-refractivity contribution in [3.05, 3.63) is 72.5 Å². The van der Waals surface area contributed by atoms with E-state index in [1.54, 1.807) is 30.3 Å². The summed E-state index contributed by atoms with van der Waals surface area (Å²) in [6.07, 6.45) is 2.89. The van der Waals surface area contributed by atoms with E-state index in [1.165, 1.54) is 6.08 Å². The zero-order valence-electron chi connectivity index (χ0n) is 9.62. The molecule has 2 aromatic rings. The lowest BCUT2D eigenvalue weighted by molar-refractivity contribution is -0.386. The molecule has 0 saturated heterocycles. The van der Waals surface area contributed by atoms with Crippen molar-refractivity contribution >= 4 is 17.8 Å². The van der Waals surface area contributed by atoms with Gasteiger partial charge in [0.25, 0.3) is 0 Å². The predicted octanol–water partition coefficient (Wildman–Crippen LogP) is 1.14. The molecule has 0 saturated carbocycles. The van der Waals surface area contributed by atoms with Gasteiger partial charge in [-0.3, -0.25) is 19.9 Å². The van der Waals surface area contributed by atoms with Gasteiger partial charge in [-0.05, 0) is 11.6 Å². The van der Waals surface area contributed by atoms with Gasteiger partial charge in [0.15, 0.2) is 0 Å². The summed E-state index contributed by atoms with van der Waals surface area (Å²) in [4.78, 5) is 36.5. The summed E-state index contributed by atoms with van der Waals surface area (Å²) in [6.45, 7) is 0. The highest BCUT2D eigenvalue weighted by atomic mass is 16.6. The zero-order valence-corrected chi connectivity index (χ0v) is 9.62. The molecule has 0 radical (unpaired) electrons. The van der Waals surface area contributed by atoms with Gasteiger partial charge < -0.3 is 4.98 Å². The van der Waals surface area contributed by atoms with E-state index in [-0.39, 0.29) is 5.69 Å². The lowest BCUT2D eigenvalue weighted by Gasteiger charge is -1.96. The standard InChI is InChI=1S/C12H9N3O4/c16-11-10(15(18)19)9(13-12(17)14-11)7-6-8-4-2-1-3-5-8/h1-7H,(H2,13,14,16,17). The fourth-order valence-corrected chi connectivity index (χ4v) is 1.54. The summed E-state index contributed by atoms with van der Waals surface area (Å²) in [5, 5.41) is 10.8. The molecule has 0 amide bonds. The molecule has 7 nitrogen and oxygen atoms in total. The van der Waals surface area contributed by atoms with Crippen LogP contribution in [0.15, 0.2) is 39.9 Å². The van der Waals surface area contributed by atoms with Crippen LogP contribution >= 0.6 is 0 Å². The summed E-state index contributed by atoms with van der Waals surface area (Å²) < 4.78 is 0. The van der Waals surface area contributed by atoms with Crippen LogP contribution in [-0.4, -0.2) is 14.9 Å². The fourth-order valence-electron chi connectivity index (χ4n) is 1.54. The van der Waals surface area contributed by atoms with Crippen LogP contribution in [0.25, 0.3) is 12.2 Å². The van der Waals surface area contributed by atoms with Crippen LogP contribution < -0.4 is 11.2 Å². The quantitative estimate of drug-likeness (QED) is 0.636. The van der Waals surface area contributed by atoms with E-state index in [2.05, 4.69) is 4.98 Å². The third-order valence-electron chi connectivity index (χ3n) is 2.37. The minimum atomic E-state index is -1.03. The first-order valence-corrected chi connectivity index (χ1v) is 5.32. The van der Waals surface area contributed by atoms with Crippen LogP contribution in [0.5, 0.6) is 0 Å².